The van der Waals surface area contributed by atoms with Gasteiger partial charge in [-0.25, -0.2) is 9.18 Å². The third kappa shape index (κ3) is 4.17. The minimum atomic E-state index is -7.67. The van der Waals surface area contributed by atoms with E-state index in [1.807, 2.05) is 4.74 Å². The van der Waals surface area contributed by atoms with Crippen LogP contribution in [0.2, 0.25) is 0 Å². The molecular formula is C9HF15O4. The van der Waals surface area contributed by atoms with Crippen molar-refractivity contribution >= 4 is 5.97 Å². The van der Waals surface area contributed by atoms with Gasteiger partial charge in [-0.2, -0.15) is 61.5 Å². The standard InChI is InChI=1S/C9HF15O4/c10-1(11)2(12)27-9(23,24)5(14,7(18,19)20)28-8(21,22)4(13,3(25)26)6(15,16)17/h(H,25,26). The summed E-state index contributed by atoms with van der Waals surface area (Å²) in [5.74, 6) is -12.0. The molecule has 0 aromatic carbocycles. The van der Waals surface area contributed by atoms with E-state index >= 15 is 0 Å². The van der Waals surface area contributed by atoms with Crippen LogP contribution in [0, 0.1) is 0 Å². The van der Waals surface area contributed by atoms with Crippen molar-refractivity contribution in [2.45, 2.75) is 36.1 Å². The van der Waals surface area contributed by atoms with Crippen LogP contribution in [0.4, 0.5) is 65.9 Å². The van der Waals surface area contributed by atoms with Crippen molar-refractivity contribution < 1.29 is 85.2 Å². The van der Waals surface area contributed by atoms with Crippen LogP contribution in [0.25, 0.3) is 0 Å². The number of halogens is 15. The second-order valence-electron chi connectivity index (χ2n) is 4.33. The molecule has 0 fully saturated rings. The normalized spacial score (nSPS) is 18.1. The summed E-state index contributed by atoms with van der Waals surface area (Å²) in [7, 11) is 0. The lowest BCUT2D eigenvalue weighted by Gasteiger charge is -2.38. The molecule has 28 heavy (non-hydrogen) atoms. The first kappa shape index (κ1) is 25.9. The zero-order valence-corrected chi connectivity index (χ0v) is 11.8. The molecule has 0 heterocycles. The average Bonchev–Trinajstić information content (AvgIpc) is 2.41. The highest BCUT2D eigenvalue weighted by Gasteiger charge is 2.85. The largest absolute Gasteiger partial charge is 0.478 e. The summed E-state index contributed by atoms with van der Waals surface area (Å²) in [5, 5.41) is 7.88. The fraction of sp³-hybridized carbons (Fsp3) is 0.667. The number of carbonyl (C=O) groups is 1. The van der Waals surface area contributed by atoms with E-state index in [0.717, 1.165) is 0 Å². The summed E-state index contributed by atoms with van der Waals surface area (Å²) in [6, 6.07) is -4.02. The third-order valence-corrected chi connectivity index (χ3v) is 2.46. The molecule has 0 spiro atoms. The maximum Gasteiger partial charge on any atom is 0.471 e. The Morgan fingerprint density at radius 1 is 0.679 bits per heavy atom. The van der Waals surface area contributed by atoms with E-state index < -0.39 is 54.2 Å². The maximum absolute atomic E-state index is 13.5. The van der Waals surface area contributed by atoms with E-state index in [0.29, 0.717) is 0 Å². The highest BCUT2D eigenvalue weighted by molar-refractivity contribution is 5.79. The molecule has 19 heteroatoms. The Hall–Kier alpha value is -2.08. The van der Waals surface area contributed by atoms with E-state index in [9.17, 15) is 70.7 Å². The molecule has 0 saturated carbocycles. The number of aliphatic carboxylic acids is 1. The monoisotopic (exact) mass is 458 g/mol. The van der Waals surface area contributed by atoms with Crippen molar-refractivity contribution in [2.24, 2.45) is 0 Å². The summed E-state index contributed by atoms with van der Waals surface area (Å²) in [4.78, 5) is 10.1. The number of carboxylic acids is 1. The van der Waals surface area contributed by atoms with E-state index in [-0.39, 0.29) is 0 Å². The van der Waals surface area contributed by atoms with Crippen LogP contribution < -0.4 is 0 Å². The van der Waals surface area contributed by atoms with Crippen LogP contribution in [0.3, 0.4) is 0 Å². The number of alkyl halides is 12. The van der Waals surface area contributed by atoms with Crippen molar-refractivity contribution in [1.82, 2.24) is 0 Å². The van der Waals surface area contributed by atoms with E-state index in [2.05, 4.69) is 0 Å². The molecule has 0 aliphatic rings. The Bertz CT molecular complexity index is 632. The Labute approximate surface area is 141 Å². The van der Waals surface area contributed by atoms with Gasteiger partial charge in [-0.05, 0) is 0 Å². The molecule has 0 aliphatic carbocycles. The molecule has 0 saturated heterocycles. The van der Waals surface area contributed by atoms with Crippen molar-refractivity contribution in [2.75, 3.05) is 0 Å². The Kier molecular flexibility index (Phi) is 6.54. The van der Waals surface area contributed by atoms with Gasteiger partial charge in [0.2, 0.25) is 0 Å². The molecule has 0 aromatic heterocycles. The Morgan fingerprint density at radius 3 is 1.32 bits per heavy atom. The highest BCUT2D eigenvalue weighted by Crippen LogP contribution is 2.55. The van der Waals surface area contributed by atoms with Crippen molar-refractivity contribution in [3.8, 4) is 0 Å². The lowest BCUT2D eigenvalue weighted by atomic mass is 10.0. The van der Waals surface area contributed by atoms with Gasteiger partial charge >= 0.3 is 54.2 Å². The minimum absolute atomic E-state index is 1.48. The van der Waals surface area contributed by atoms with E-state index in [1.54, 1.807) is 0 Å². The Balaban J connectivity index is 6.58. The number of hydrogen-bond acceptors (Lipinski definition) is 3. The van der Waals surface area contributed by atoms with Crippen LogP contribution >= 0.6 is 0 Å². The van der Waals surface area contributed by atoms with Gasteiger partial charge in [-0.15, -0.1) is 0 Å². The SMILES string of the molecule is O=C(O)C(F)(C(F)(F)F)C(F)(F)OC(F)(C(F)(F)F)C(F)(F)OC(F)=C(F)F. The van der Waals surface area contributed by atoms with Crippen molar-refractivity contribution in [3.63, 3.8) is 0 Å². The number of ether oxygens (including phenoxy) is 2. The Morgan fingerprint density at radius 2 is 1.07 bits per heavy atom. The van der Waals surface area contributed by atoms with E-state index in [1.165, 1.54) is 4.74 Å². The first-order valence-corrected chi connectivity index (χ1v) is 5.58. The molecular weight excluding hydrogens is 457 g/mol. The lowest BCUT2D eigenvalue weighted by Crippen LogP contribution is -2.68. The molecule has 2 atom stereocenters. The summed E-state index contributed by atoms with van der Waals surface area (Å²) < 4.78 is 192. The van der Waals surface area contributed by atoms with Gasteiger partial charge in [0.05, 0.1) is 0 Å². The smallest absolute Gasteiger partial charge is 0.471 e. The zero-order chi connectivity index (χ0) is 23.1. The second kappa shape index (κ2) is 7.07. The zero-order valence-electron chi connectivity index (χ0n) is 11.8. The van der Waals surface area contributed by atoms with Crippen LogP contribution in [-0.2, 0) is 14.3 Å². The molecule has 1 N–H and O–H groups in total. The summed E-state index contributed by atoms with van der Waals surface area (Å²) in [5.41, 5.74) is -7.27. The van der Waals surface area contributed by atoms with Gasteiger partial charge in [0.25, 0.3) is 0 Å². The second-order valence-corrected chi connectivity index (χ2v) is 4.33. The van der Waals surface area contributed by atoms with Gasteiger partial charge < -0.3 is 9.84 Å². The van der Waals surface area contributed by atoms with Gasteiger partial charge in [-0.1, -0.05) is 0 Å². The predicted molar refractivity (Wildman–Crippen MR) is 49.8 cm³/mol. The van der Waals surface area contributed by atoms with Crippen LogP contribution in [0.15, 0.2) is 12.1 Å². The van der Waals surface area contributed by atoms with E-state index in [4.69, 9.17) is 5.11 Å². The van der Waals surface area contributed by atoms with Crippen molar-refractivity contribution in [1.29, 1.82) is 0 Å². The number of hydrogen-bond donors (Lipinski definition) is 1. The summed E-state index contributed by atoms with van der Waals surface area (Å²) in [6.45, 7) is 0. The molecule has 0 aromatic rings. The molecule has 166 valence electrons. The molecule has 0 aliphatic heterocycles. The molecule has 0 radical (unpaired) electrons. The quantitative estimate of drug-likeness (QED) is 0.439. The molecule has 0 bridgehead atoms. The van der Waals surface area contributed by atoms with Crippen LogP contribution in [0.5, 0.6) is 0 Å². The number of rotatable bonds is 7. The number of carboxylic acid groups (broad SMARTS) is 1. The lowest BCUT2D eigenvalue weighted by molar-refractivity contribution is -0.516. The van der Waals surface area contributed by atoms with Crippen LogP contribution in [0.1, 0.15) is 0 Å². The summed E-state index contributed by atoms with van der Waals surface area (Å²) in [6.07, 6.45) is -34.1. The van der Waals surface area contributed by atoms with Gasteiger partial charge in [0.15, 0.2) is 0 Å². The molecule has 2 unspecified atom stereocenters. The predicted octanol–water partition coefficient (Wildman–Crippen LogP) is 4.82. The highest BCUT2D eigenvalue weighted by atomic mass is 19.4. The van der Waals surface area contributed by atoms with Gasteiger partial charge in [0.1, 0.15) is 0 Å². The maximum atomic E-state index is 13.5. The summed E-state index contributed by atoms with van der Waals surface area (Å²) >= 11 is 0. The van der Waals surface area contributed by atoms with Crippen LogP contribution in [-0.4, -0.2) is 47.2 Å². The third-order valence-electron chi connectivity index (χ3n) is 2.46. The van der Waals surface area contributed by atoms with Gasteiger partial charge in [-0.3, -0.25) is 4.74 Å². The molecule has 0 amide bonds. The average molecular weight is 458 g/mol. The first-order chi connectivity index (χ1) is 12.0. The van der Waals surface area contributed by atoms with Gasteiger partial charge in [0, 0.05) is 0 Å². The first-order valence-electron chi connectivity index (χ1n) is 5.58. The fourth-order valence-corrected chi connectivity index (χ4v) is 1.16. The van der Waals surface area contributed by atoms with Crippen molar-refractivity contribution in [3.05, 3.63) is 12.1 Å². The topological polar surface area (TPSA) is 55.8 Å². The molecule has 4 nitrogen and oxygen atoms in total. The molecule has 0 rings (SSSR count). The fourth-order valence-electron chi connectivity index (χ4n) is 1.16. The minimum Gasteiger partial charge on any atom is -0.478 e.